The molecule has 0 radical (unpaired) electrons. The molecule has 0 bridgehead atoms. The van der Waals surface area contributed by atoms with Crippen LogP contribution < -0.4 is 25.2 Å². The van der Waals surface area contributed by atoms with Crippen molar-refractivity contribution in [3.63, 3.8) is 0 Å². The van der Waals surface area contributed by atoms with Gasteiger partial charge in [0, 0.05) is 6.42 Å². The summed E-state index contributed by atoms with van der Waals surface area (Å²) >= 11 is 0. The lowest BCUT2D eigenvalue weighted by atomic mass is 9.80. The number of hydrogen-bond acceptors (Lipinski definition) is 10. The second-order valence-electron chi connectivity index (χ2n) is 12.1. The van der Waals surface area contributed by atoms with Gasteiger partial charge >= 0.3 is 5.69 Å². The fourth-order valence-corrected chi connectivity index (χ4v) is 6.44. The number of carbonyl (C=O) groups excluding carboxylic acids is 1. The van der Waals surface area contributed by atoms with Crippen molar-refractivity contribution in [3.8, 4) is 17.2 Å². The predicted molar refractivity (Wildman–Crippen MR) is 192 cm³/mol. The number of aliphatic hydroxyl groups excluding tert-OH is 1. The zero-order valence-electron chi connectivity index (χ0n) is 28.5. The number of amides is 1. The lowest BCUT2D eigenvalue weighted by Gasteiger charge is -2.37. The van der Waals surface area contributed by atoms with Crippen LogP contribution in [0.2, 0.25) is 0 Å². The van der Waals surface area contributed by atoms with E-state index in [1.54, 1.807) is 38.5 Å². The molecule has 0 saturated carbocycles. The summed E-state index contributed by atoms with van der Waals surface area (Å²) in [6.45, 7) is -0.309. The van der Waals surface area contributed by atoms with Crippen molar-refractivity contribution in [1.82, 2.24) is 19.5 Å². The van der Waals surface area contributed by atoms with Gasteiger partial charge in [0.05, 0.1) is 26.9 Å². The average Bonchev–Trinajstić information content (AvgIpc) is 3.73. The zero-order chi connectivity index (χ0) is 36.1. The molecule has 7 rings (SSSR count). The molecule has 3 N–H and O–H groups in total. The number of fused-ring (bicyclic) bond motifs is 1. The molecule has 3 heterocycles. The summed E-state index contributed by atoms with van der Waals surface area (Å²) in [5, 5.41) is 14.0. The molecule has 1 saturated heterocycles. The molecule has 4 aromatic carbocycles. The van der Waals surface area contributed by atoms with Gasteiger partial charge in [0.1, 0.15) is 47.0 Å². The summed E-state index contributed by atoms with van der Waals surface area (Å²) in [5.74, 6) is 1.54. The minimum absolute atomic E-state index is 0.0422. The summed E-state index contributed by atoms with van der Waals surface area (Å²) < 4.78 is 31.0. The van der Waals surface area contributed by atoms with Crippen molar-refractivity contribution >= 4 is 22.9 Å². The number of anilines is 1. The molecule has 13 heteroatoms. The molecule has 1 aliphatic heterocycles. The Morgan fingerprint density at radius 3 is 2.08 bits per heavy atom. The van der Waals surface area contributed by atoms with E-state index in [9.17, 15) is 14.7 Å². The van der Waals surface area contributed by atoms with Crippen LogP contribution >= 0.6 is 0 Å². The molecule has 2 aromatic heterocycles. The minimum atomic E-state index is -1.14. The van der Waals surface area contributed by atoms with Gasteiger partial charge in [0.15, 0.2) is 18.1 Å². The number of rotatable bonds is 13. The first-order valence-electron chi connectivity index (χ1n) is 16.6. The van der Waals surface area contributed by atoms with Gasteiger partial charge in [-0.15, -0.1) is 0 Å². The highest BCUT2D eigenvalue weighted by atomic mass is 16.6. The van der Waals surface area contributed by atoms with Crippen LogP contribution in [-0.4, -0.2) is 70.2 Å². The summed E-state index contributed by atoms with van der Waals surface area (Å²) in [6.07, 6.45) is -1.38. The third kappa shape index (κ3) is 6.84. The first kappa shape index (κ1) is 34.4. The maximum absolute atomic E-state index is 13.4. The minimum Gasteiger partial charge on any atom is -0.497 e. The normalized spacial score (nSPS) is 17.2. The Labute approximate surface area is 298 Å². The molecule has 0 spiro atoms. The second-order valence-corrected chi connectivity index (χ2v) is 12.1. The van der Waals surface area contributed by atoms with Crippen molar-refractivity contribution in [3.05, 3.63) is 143 Å². The van der Waals surface area contributed by atoms with Crippen LogP contribution in [0.1, 0.15) is 29.3 Å². The highest BCUT2D eigenvalue weighted by Crippen LogP contribution is 2.43. The first-order valence-corrected chi connectivity index (χ1v) is 16.6. The summed E-state index contributed by atoms with van der Waals surface area (Å²) in [4.78, 5) is 37.3. The Hall–Kier alpha value is -6.02. The van der Waals surface area contributed by atoms with E-state index in [1.807, 2.05) is 84.9 Å². The van der Waals surface area contributed by atoms with Crippen molar-refractivity contribution in [2.45, 2.75) is 30.5 Å². The van der Waals surface area contributed by atoms with E-state index in [0.29, 0.717) is 17.2 Å². The van der Waals surface area contributed by atoms with Crippen LogP contribution in [0.4, 0.5) is 5.82 Å². The number of hydrogen-bond donors (Lipinski definition) is 3. The summed E-state index contributed by atoms with van der Waals surface area (Å²) in [6, 6.07) is 34.0. The molecule has 0 aliphatic carbocycles. The predicted octanol–water partition coefficient (Wildman–Crippen LogP) is 4.81. The van der Waals surface area contributed by atoms with Gasteiger partial charge in [-0.05, 0) is 53.1 Å². The van der Waals surface area contributed by atoms with Crippen molar-refractivity contribution in [2.24, 2.45) is 0 Å². The maximum atomic E-state index is 13.4. The molecular weight excluding hydrogens is 666 g/mol. The van der Waals surface area contributed by atoms with Crippen LogP contribution in [0, 0.1) is 0 Å². The number of aliphatic hydroxyl groups is 1. The number of para-hydroxylation sites is 1. The fourth-order valence-electron chi connectivity index (χ4n) is 6.44. The van der Waals surface area contributed by atoms with E-state index in [1.165, 1.54) is 10.9 Å². The number of H-pyrrole nitrogens is 1. The first-order chi connectivity index (χ1) is 25.4. The van der Waals surface area contributed by atoms with E-state index in [0.717, 1.165) is 16.7 Å². The highest BCUT2D eigenvalue weighted by molar-refractivity contribution is 5.97. The molecule has 266 valence electrons. The molecule has 1 amide bonds. The number of carbonyl (C=O) groups is 1. The van der Waals surface area contributed by atoms with Crippen LogP contribution in [0.15, 0.2) is 120 Å². The molecule has 1 fully saturated rings. The van der Waals surface area contributed by atoms with Crippen molar-refractivity contribution < 1.29 is 33.6 Å². The van der Waals surface area contributed by atoms with E-state index in [4.69, 9.17) is 23.7 Å². The average molecular weight is 704 g/mol. The molecule has 6 aromatic rings. The number of aromatic nitrogens is 4. The topological polar surface area (TPSA) is 159 Å². The van der Waals surface area contributed by atoms with Crippen LogP contribution in [0.25, 0.3) is 11.2 Å². The largest absolute Gasteiger partial charge is 0.497 e. The molecular formula is C39H37N5O8. The fraction of sp³-hybridized carbons (Fsp3) is 0.231. The van der Waals surface area contributed by atoms with Gasteiger partial charge in [-0.3, -0.25) is 4.79 Å². The number of methoxy groups -OCH3 is 2. The maximum Gasteiger partial charge on any atom is 0.329 e. The number of nitrogens with zero attached hydrogens (tertiary/aromatic N) is 3. The van der Waals surface area contributed by atoms with Crippen LogP contribution in [0.5, 0.6) is 17.2 Å². The van der Waals surface area contributed by atoms with E-state index in [2.05, 4.69) is 20.3 Å². The lowest BCUT2D eigenvalue weighted by molar-refractivity contribution is -0.118. The van der Waals surface area contributed by atoms with Gasteiger partial charge in [-0.1, -0.05) is 72.8 Å². The quantitative estimate of drug-likeness (QED) is 0.143. The number of ether oxygens (including phenoxy) is 5. The monoisotopic (exact) mass is 703 g/mol. The Balaban J connectivity index is 1.15. The van der Waals surface area contributed by atoms with Crippen molar-refractivity contribution in [1.29, 1.82) is 0 Å². The van der Waals surface area contributed by atoms with E-state index < -0.39 is 35.6 Å². The number of aromatic amines is 1. The van der Waals surface area contributed by atoms with E-state index in [-0.39, 0.29) is 36.6 Å². The van der Waals surface area contributed by atoms with Gasteiger partial charge in [-0.2, -0.15) is 0 Å². The second kappa shape index (κ2) is 15.1. The van der Waals surface area contributed by atoms with Gasteiger partial charge < -0.3 is 39.1 Å². The van der Waals surface area contributed by atoms with Crippen molar-refractivity contribution in [2.75, 3.05) is 32.8 Å². The third-order valence-electron chi connectivity index (χ3n) is 9.01. The molecule has 1 aliphatic rings. The lowest BCUT2D eigenvalue weighted by Crippen LogP contribution is -2.38. The molecule has 3 atom stereocenters. The van der Waals surface area contributed by atoms with Crippen LogP contribution in [0.3, 0.4) is 0 Å². The molecule has 52 heavy (non-hydrogen) atoms. The van der Waals surface area contributed by atoms with Gasteiger partial charge in [0.25, 0.3) is 5.91 Å². The highest BCUT2D eigenvalue weighted by Gasteiger charge is 2.42. The number of benzene rings is 4. The Kier molecular flexibility index (Phi) is 9.98. The van der Waals surface area contributed by atoms with Gasteiger partial charge in [-0.25, -0.2) is 19.3 Å². The Bertz CT molecular complexity index is 2130. The zero-order valence-corrected chi connectivity index (χ0v) is 28.5. The summed E-state index contributed by atoms with van der Waals surface area (Å²) in [5.41, 5.74) is 1.23. The summed E-state index contributed by atoms with van der Waals surface area (Å²) in [7, 11) is 3.22. The number of nitrogens with one attached hydrogen (secondary N) is 2. The standard InChI is InChI=1S/C39H37N5O8/c1-48-28-17-13-26(14-18-28)39(25-9-5-3-6-10-25,27-15-19-29(49-2)20-16-27)51-22-32-31(45)21-34(52-32)44-37-35(43-38(44)47)36(40-24-41-37)42-33(46)23-50-30-11-7-4-8-12-30/h3-20,24,31-32,34,45H,21-23H2,1-2H3,(H,43,47)(H,40,41,42,46)/t31-,32+,34+/m0/s1. The number of imidazole rings is 1. The Morgan fingerprint density at radius 1 is 0.865 bits per heavy atom. The van der Waals surface area contributed by atoms with E-state index >= 15 is 0 Å². The molecule has 13 nitrogen and oxygen atoms in total. The SMILES string of the molecule is COc1ccc(C(OC[C@H]2O[C@@H](n3c(=O)[nH]c4c(NC(=O)COc5ccccc5)ncnc43)C[C@@H]2O)(c2ccccc2)c2ccc(OC)cc2)cc1. The third-order valence-corrected chi connectivity index (χ3v) is 9.01. The smallest absolute Gasteiger partial charge is 0.329 e. The Morgan fingerprint density at radius 2 is 1.46 bits per heavy atom. The molecule has 0 unspecified atom stereocenters. The van der Waals surface area contributed by atoms with Gasteiger partial charge in [0.2, 0.25) is 0 Å². The van der Waals surface area contributed by atoms with Crippen LogP contribution in [-0.2, 0) is 19.9 Å².